The first-order valence-corrected chi connectivity index (χ1v) is 6.91. The van der Waals surface area contributed by atoms with Crippen molar-refractivity contribution in [1.29, 1.82) is 0 Å². The van der Waals surface area contributed by atoms with Crippen molar-refractivity contribution < 1.29 is 4.79 Å². The maximum atomic E-state index is 11.1. The molecule has 1 aromatic rings. The van der Waals surface area contributed by atoms with E-state index < -0.39 is 0 Å². The molecule has 1 heterocycles. The Kier molecular flexibility index (Phi) is 4.27. The van der Waals surface area contributed by atoms with Gasteiger partial charge in [0.2, 0.25) is 5.91 Å². The first-order chi connectivity index (χ1) is 8.99. The second-order valence-corrected chi connectivity index (χ2v) is 5.54. The number of nitrogens with two attached hydrogens (primary N) is 2. The molecular formula is C13H16ClN3OS. The van der Waals surface area contributed by atoms with Crippen LogP contribution in [0.5, 0.6) is 0 Å². The third-order valence-electron chi connectivity index (χ3n) is 3.48. The van der Waals surface area contributed by atoms with E-state index in [0.717, 1.165) is 31.6 Å². The molecule has 1 fully saturated rings. The van der Waals surface area contributed by atoms with Crippen LogP contribution in [0, 0.1) is 5.92 Å². The van der Waals surface area contributed by atoms with Gasteiger partial charge < -0.3 is 16.4 Å². The fourth-order valence-electron chi connectivity index (χ4n) is 2.32. The smallest absolute Gasteiger partial charge is 0.220 e. The Labute approximate surface area is 122 Å². The van der Waals surface area contributed by atoms with E-state index in [4.69, 9.17) is 35.3 Å². The van der Waals surface area contributed by atoms with Gasteiger partial charge >= 0.3 is 0 Å². The summed E-state index contributed by atoms with van der Waals surface area (Å²) in [7, 11) is 0. The molecule has 1 saturated heterocycles. The van der Waals surface area contributed by atoms with E-state index in [-0.39, 0.29) is 11.8 Å². The van der Waals surface area contributed by atoms with Crippen LogP contribution in [0.25, 0.3) is 0 Å². The van der Waals surface area contributed by atoms with Crippen LogP contribution in [0.4, 0.5) is 5.69 Å². The van der Waals surface area contributed by atoms with Gasteiger partial charge in [0.25, 0.3) is 0 Å². The van der Waals surface area contributed by atoms with Crippen molar-refractivity contribution in [2.24, 2.45) is 17.4 Å². The average Bonchev–Trinajstić information content (AvgIpc) is 2.38. The normalized spacial score (nSPS) is 16.4. The zero-order valence-corrected chi connectivity index (χ0v) is 12.0. The predicted octanol–water partition coefficient (Wildman–Crippen LogP) is 1.68. The highest BCUT2D eigenvalue weighted by Crippen LogP contribution is 2.27. The molecule has 1 amide bonds. The van der Waals surface area contributed by atoms with Crippen molar-refractivity contribution in [3.8, 4) is 0 Å². The molecule has 0 atom stereocenters. The lowest BCUT2D eigenvalue weighted by atomic mass is 9.96. The number of hydrogen-bond donors (Lipinski definition) is 2. The molecule has 4 nitrogen and oxygen atoms in total. The minimum Gasteiger partial charge on any atom is -0.389 e. The number of anilines is 1. The van der Waals surface area contributed by atoms with Gasteiger partial charge in [-0.15, -0.1) is 0 Å². The zero-order valence-electron chi connectivity index (χ0n) is 10.4. The van der Waals surface area contributed by atoms with Crippen molar-refractivity contribution >= 4 is 40.4 Å². The van der Waals surface area contributed by atoms with Crippen LogP contribution in [0.3, 0.4) is 0 Å². The summed E-state index contributed by atoms with van der Waals surface area (Å²) >= 11 is 11.1. The molecule has 0 saturated carbocycles. The monoisotopic (exact) mass is 297 g/mol. The molecule has 102 valence electrons. The Balaban J connectivity index is 2.10. The topological polar surface area (TPSA) is 72.4 Å². The standard InChI is InChI=1S/C13H16ClN3OS/c14-11-7-9(1-2-10(11)13(16)19)17-5-3-8(4-6-17)12(15)18/h1-2,7-8H,3-6H2,(H2,15,18)(H2,16,19). The SMILES string of the molecule is NC(=O)C1CCN(c2ccc(C(N)=S)c(Cl)c2)CC1. The summed E-state index contributed by atoms with van der Waals surface area (Å²) in [6.07, 6.45) is 1.56. The van der Waals surface area contributed by atoms with E-state index in [0.29, 0.717) is 15.6 Å². The van der Waals surface area contributed by atoms with Gasteiger partial charge in [0.15, 0.2) is 0 Å². The molecule has 4 N–H and O–H groups in total. The zero-order chi connectivity index (χ0) is 14.0. The number of thiocarbonyl (C=S) groups is 1. The maximum Gasteiger partial charge on any atom is 0.220 e. The summed E-state index contributed by atoms with van der Waals surface area (Å²) in [5.41, 5.74) is 12.6. The van der Waals surface area contributed by atoms with Gasteiger partial charge in [0.05, 0.1) is 5.02 Å². The Morgan fingerprint density at radius 2 is 1.95 bits per heavy atom. The van der Waals surface area contributed by atoms with E-state index >= 15 is 0 Å². The maximum absolute atomic E-state index is 11.1. The number of amides is 1. The van der Waals surface area contributed by atoms with Gasteiger partial charge in [-0.1, -0.05) is 23.8 Å². The number of carbonyl (C=O) groups is 1. The fraction of sp³-hybridized carbons (Fsp3) is 0.385. The number of halogens is 1. The van der Waals surface area contributed by atoms with E-state index in [1.165, 1.54) is 0 Å². The summed E-state index contributed by atoms with van der Waals surface area (Å²) in [5.74, 6) is -0.218. The largest absolute Gasteiger partial charge is 0.389 e. The number of carbonyl (C=O) groups excluding carboxylic acids is 1. The Morgan fingerprint density at radius 3 is 2.42 bits per heavy atom. The molecular weight excluding hydrogens is 282 g/mol. The Hall–Kier alpha value is -1.33. The lowest BCUT2D eigenvalue weighted by Crippen LogP contribution is -2.38. The Bertz CT molecular complexity index is 513. The number of rotatable bonds is 3. The molecule has 2 rings (SSSR count). The summed E-state index contributed by atoms with van der Waals surface area (Å²) in [6, 6.07) is 5.64. The van der Waals surface area contributed by atoms with E-state index in [1.54, 1.807) is 0 Å². The number of piperidine rings is 1. The van der Waals surface area contributed by atoms with Crippen molar-refractivity contribution in [1.82, 2.24) is 0 Å². The highest BCUT2D eigenvalue weighted by molar-refractivity contribution is 7.80. The molecule has 0 spiro atoms. The molecule has 19 heavy (non-hydrogen) atoms. The molecule has 1 aliphatic heterocycles. The summed E-state index contributed by atoms with van der Waals surface area (Å²) in [5, 5.41) is 0.557. The molecule has 6 heteroatoms. The van der Waals surface area contributed by atoms with Crippen LogP contribution >= 0.6 is 23.8 Å². The fourth-order valence-corrected chi connectivity index (χ4v) is 2.83. The summed E-state index contributed by atoms with van der Waals surface area (Å²) in [4.78, 5) is 13.6. The van der Waals surface area contributed by atoms with Gasteiger partial charge in [-0.05, 0) is 31.0 Å². The molecule has 1 aliphatic rings. The predicted molar refractivity (Wildman–Crippen MR) is 81.5 cm³/mol. The highest BCUT2D eigenvalue weighted by Gasteiger charge is 2.23. The second kappa shape index (κ2) is 5.75. The van der Waals surface area contributed by atoms with Crippen molar-refractivity contribution in [2.45, 2.75) is 12.8 Å². The third kappa shape index (κ3) is 3.16. The van der Waals surface area contributed by atoms with Gasteiger partial charge in [0, 0.05) is 30.3 Å². The van der Waals surface area contributed by atoms with Crippen LogP contribution in [0.1, 0.15) is 18.4 Å². The second-order valence-electron chi connectivity index (χ2n) is 4.69. The molecule has 0 unspecified atom stereocenters. The summed E-state index contributed by atoms with van der Waals surface area (Å²) in [6.45, 7) is 1.60. The first-order valence-electron chi connectivity index (χ1n) is 6.12. The van der Waals surface area contributed by atoms with E-state index in [1.807, 2.05) is 18.2 Å². The molecule has 0 radical (unpaired) electrons. The average molecular weight is 298 g/mol. The van der Waals surface area contributed by atoms with Crippen LogP contribution < -0.4 is 16.4 Å². The summed E-state index contributed by atoms with van der Waals surface area (Å²) < 4.78 is 0. The number of benzene rings is 1. The lowest BCUT2D eigenvalue weighted by Gasteiger charge is -2.32. The molecule has 0 aromatic heterocycles. The van der Waals surface area contributed by atoms with Gasteiger partial charge in [-0.2, -0.15) is 0 Å². The van der Waals surface area contributed by atoms with Crippen LogP contribution in [-0.4, -0.2) is 24.0 Å². The molecule has 1 aromatic carbocycles. The number of nitrogens with zero attached hydrogens (tertiary/aromatic N) is 1. The van der Waals surface area contributed by atoms with Crippen LogP contribution in [-0.2, 0) is 4.79 Å². The molecule has 0 bridgehead atoms. The number of hydrogen-bond acceptors (Lipinski definition) is 3. The number of primary amides is 1. The molecule has 0 aliphatic carbocycles. The van der Waals surface area contributed by atoms with Crippen molar-refractivity contribution in [3.05, 3.63) is 28.8 Å². The minimum atomic E-state index is -0.207. The van der Waals surface area contributed by atoms with Gasteiger partial charge in [-0.3, -0.25) is 4.79 Å². The quantitative estimate of drug-likeness (QED) is 0.833. The van der Waals surface area contributed by atoms with E-state index in [2.05, 4.69) is 4.90 Å². The van der Waals surface area contributed by atoms with E-state index in [9.17, 15) is 4.79 Å². The highest BCUT2D eigenvalue weighted by atomic mass is 35.5. The van der Waals surface area contributed by atoms with Crippen LogP contribution in [0.2, 0.25) is 5.02 Å². The third-order valence-corrected chi connectivity index (χ3v) is 4.01. The van der Waals surface area contributed by atoms with Crippen molar-refractivity contribution in [2.75, 3.05) is 18.0 Å². The van der Waals surface area contributed by atoms with Gasteiger partial charge in [-0.25, -0.2) is 0 Å². The minimum absolute atomic E-state index is 0.0115. The van der Waals surface area contributed by atoms with Crippen LogP contribution in [0.15, 0.2) is 18.2 Å². The van der Waals surface area contributed by atoms with Crippen molar-refractivity contribution in [3.63, 3.8) is 0 Å². The van der Waals surface area contributed by atoms with Gasteiger partial charge in [0.1, 0.15) is 4.99 Å². The lowest BCUT2D eigenvalue weighted by molar-refractivity contribution is -0.122. The first kappa shape index (κ1) is 14.1. The Morgan fingerprint density at radius 1 is 1.32 bits per heavy atom.